The molecule has 1 saturated heterocycles. The highest BCUT2D eigenvalue weighted by atomic mass is 15.3. The van der Waals surface area contributed by atoms with E-state index in [-0.39, 0.29) is 0 Å². The van der Waals surface area contributed by atoms with E-state index in [1.54, 1.807) is 12.3 Å². The summed E-state index contributed by atoms with van der Waals surface area (Å²) in [6.45, 7) is 2.08. The maximum absolute atomic E-state index is 8.91. The predicted molar refractivity (Wildman–Crippen MR) is 67.9 cm³/mol. The molecule has 2 rings (SSSR count). The Bertz CT molecular complexity index is 422. The summed E-state index contributed by atoms with van der Waals surface area (Å²) in [7, 11) is 4.19. The summed E-state index contributed by atoms with van der Waals surface area (Å²) in [5, 5.41) is 8.91. The van der Waals surface area contributed by atoms with Crippen LogP contribution in [0.3, 0.4) is 0 Å². The molecule has 1 fully saturated rings. The van der Waals surface area contributed by atoms with Gasteiger partial charge in [0.15, 0.2) is 0 Å². The number of nitriles is 1. The molecule has 0 amide bonds. The van der Waals surface area contributed by atoms with Gasteiger partial charge in [-0.1, -0.05) is 0 Å². The van der Waals surface area contributed by atoms with Gasteiger partial charge in [-0.15, -0.1) is 0 Å². The number of hydrogen-bond acceptors (Lipinski definition) is 4. The maximum Gasteiger partial charge on any atom is 0.130 e. The van der Waals surface area contributed by atoms with Crippen LogP contribution in [-0.2, 0) is 0 Å². The second-order valence-electron chi connectivity index (χ2n) is 4.77. The quantitative estimate of drug-likeness (QED) is 0.789. The van der Waals surface area contributed by atoms with Crippen LogP contribution in [0.2, 0.25) is 0 Å². The topological polar surface area (TPSA) is 43.2 Å². The first-order chi connectivity index (χ1) is 8.20. The monoisotopic (exact) mass is 230 g/mol. The standard InChI is InChI=1S/C13H18N4/c1-16(2)10-12-4-3-7-17(12)13-8-11(9-14)5-6-15-13/h5-6,8,12H,3-4,7,10H2,1-2H3. The fraction of sp³-hybridized carbons (Fsp3) is 0.538. The third-order valence-corrected chi connectivity index (χ3v) is 3.12. The summed E-state index contributed by atoms with van der Waals surface area (Å²) in [4.78, 5) is 8.91. The minimum Gasteiger partial charge on any atom is -0.352 e. The third-order valence-electron chi connectivity index (χ3n) is 3.12. The van der Waals surface area contributed by atoms with E-state index < -0.39 is 0 Å². The van der Waals surface area contributed by atoms with Crippen LogP contribution in [0.25, 0.3) is 0 Å². The first-order valence-electron chi connectivity index (χ1n) is 5.98. The van der Waals surface area contributed by atoms with Crippen molar-refractivity contribution in [2.75, 3.05) is 32.1 Å². The molecular formula is C13H18N4. The molecule has 1 aromatic rings. The van der Waals surface area contributed by atoms with Gasteiger partial charge < -0.3 is 9.80 Å². The van der Waals surface area contributed by atoms with Gasteiger partial charge in [-0.25, -0.2) is 4.98 Å². The molecule has 1 atom stereocenters. The van der Waals surface area contributed by atoms with Crippen molar-refractivity contribution in [3.05, 3.63) is 23.9 Å². The van der Waals surface area contributed by atoms with Gasteiger partial charge in [0.1, 0.15) is 5.82 Å². The zero-order valence-corrected chi connectivity index (χ0v) is 10.4. The minimum absolute atomic E-state index is 0.520. The zero-order valence-electron chi connectivity index (χ0n) is 10.4. The molecule has 4 nitrogen and oxygen atoms in total. The third kappa shape index (κ3) is 2.75. The van der Waals surface area contributed by atoms with Gasteiger partial charge in [-0.2, -0.15) is 5.26 Å². The number of hydrogen-bond donors (Lipinski definition) is 0. The van der Waals surface area contributed by atoms with E-state index in [2.05, 4.69) is 34.9 Å². The van der Waals surface area contributed by atoms with E-state index in [0.717, 1.165) is 18.9 Å². The van der Waals surface area contributed by atoms with Crippen LogP contribution < -0.4 is 4.90 Å². The predicted octanol–water partition coefficient (Wildman–Crippen LogP) is 1.48. The smallest absolute Gasteiger partial charge is 0.130 e. The van der Waals surface area contributed by atoms with E-state index in [1.165, 1.54) is 12.8 Å². The molecule has 1 aliphatic rings. The summed E-state index contributed by atoms with van der Waals surface area (Å²) in [5.74, 6) is 0.938. The van der Waals surface area contributed by atoms with Crippen LogP contribution in [0, 0.1) is 11.3 Å². The number of rotatable bonds is 3. The maximum atomic E-state index is 8.91. The number of likely N-dealkylation sites (N-methyl/N-ethyl adjacent to an activating group) is 1. The normalized spacial score (nSPS) is 19.6. The lowest BCUT2D eigenvalue weighted by Gasteiger charge is -2.28. The zero-order chi connectivity index (χ0) is 12.3. The molecule has 0 N–H and O–H groups in total. The molecule has 1 aromatic heterocycles. The molecular weight excluding hydrogens is 212 g/mol. The van der Waals surface area contributed by atoms with Gasteiger partial charge in [-0.05, 0) is 39.1 Å². The highest BCUT2D eigenvalue weighted by Crippen LogP contribution is 2.24. The van der Waals surface area contributed by atoms with Crippen LogP contribution >= 0.6 is 0 Å². The molecule has 0 aromatic carbocycles. The number of anilines is 1. The van der Waals surface area contributed by atoms with E-state index in [9.17, 15) is 0 Å². The Labute approximate surface area is 102 Å². The Morgan fingerprint density at radius 2 is 2.41 bits per heavy atom. The van der Waals surface area contributed by atoms with Gasteiger partial charge in [0.25, 0.3) is 0 Å². The van der Waals surface area contributed by atoms with E-state index in [1.807, 2.05) is 6.07 Å². The second-order valence-corrected chi connectivity index (χ2v) is 4.77. The van der Waals surface area contributed by atoms with Gasteiger partial charge in [0.2, 0.25) is 0 Å². The molecule has 0 bridgehead atoms. The van der Waals surface area contributed by atoms with Crippen LogP contribution in [-0.4, -0.2) is 43.1 Å². The lowest BCUT2D eigenvalue weighted by molar-refractivity contribution is 0.371. The van der Waals surface area contributed by atoms with Gasteiger partial charge in [0.05, 0.1) is 11.6 Å². The highest BCUT2D eigenvalue weighted by molar-refractivity contribution is 5.46. The van der Waals surface area contributed by atoms with Crippen LogP contribution in [0.4, 0.5) is 5.82 Å². The molecule has 4 heteroatoms. The summed E-state index contributed by atoms with van der Waals surface area (Å²) in [6.07, 6.45) is 4.13. The average molecular weight is 230 g/mol. The molecule has 2 heterocycles. The second kappa shape index (κ2) is 5.15. The van der Waals surface area contributed by atoms with Gasteiger partial charge in [0, 0.05) is 25.3 Å². The largest absolute Gasteiger partial charge is 0.352 e. The SMILES string of the molecule is CN(C)CC1CCCN1c1cc(C#N)ccn1. The van der Waals surface area contributed by atoms with Crippen LogP contribution in [0.15, 0.2) is 18.3 Å². The van der Waals surface area contributed by atoms with Crippen molar-refractivity contribution in [2.45, 2.75) is 18.9 Å². The summed E-state index contributed by atoms with van der Waals surface area (Å²) >= 11 is 0. The lowest BCUT2D eigenvalue weighted by Crippen LogP contribution is -2.38. The fourth-order valence-electron chi connectivity index (χ4n) is 2.39. The lowest BCUT2D eigenvalue weighted by atomic mass is 10.2. The first-order valence-corrected chi connectivity index (χ1v) is 5.98. The molecule has 1 unspecified atom stereocenters. The van der Waals surface area contributed by atoms with Crippen molar-refractivity contribution in [2.24, 2.45) is 0 Å². The molecule has 0 aliphatic carbocycles. The Hall–Kier alpha value is -1.60. The number of pyridine rings is 1. The molecule has 0 radical (unpaired) electrons. The Morgan fingerprint density at radius 3 is 3.12 bits per heavy atom. The summed E-state index contributed by atoms with van der Waals surface area (Å²) < 4.78 is 0. The molecule has 0 spiro atoms. The van der Waals surface area contributed by atoms with Crippen molar-refractivity contribution in [1.82, 2.24) is 9.88 Å². The fourth-order valence-corrected chi connectivity index (χ4v) is 2.39. The van der Waals surface area contributed by atoms with Crippen molar-refractivity contribution in [1.29, 1.82) is 5.26 Å². The number of aromatic nitrogens is 1. The van der Waals surface area contributed by atoms with Crippen LogP contribution in [0.1, 0.15) is 18.4 Å². The Kier molecular flexibility index (Phi) is 3.60. The average Bonchev–Trinajstić information content (AvgIpc) is 2.76. The van der Waals surface area contributed by atoms with Gasteiger partial charge in [-0.3, -0.25) is 0 Å². The first kappa shape index (κ1) is 11.9. The van der Waals surface area contributed by atoms with Crippen molar-refractivity contribution < 1.29 is 0 Å². The van der Waals surface area contributed by atoms with E-state index in [4.69, 9.17) is 5.26 Å². The molecule has 90 valence electrons. The van der Waals surface area contributed by atoms with Crippen molar-refractivity contribution >= 4 is 5.82 Å². The van der Waals surface area contributed by atoms with Crippen molar-refractivity contribution in [3.8, 4) is 6.07 Å². The number of nitrogens with zero attached hydrogens (tertiary/aromatic N) is 4. The van der Waals surface area contributed by atoms with E-state index >= 15 is 0 Å². The highest BCUT2D eigenvalue weighted by Gasteiger charge is 2.25. The van der Waals surface area contributed by atoms with Crippen LogP contribution in [0.5, 0.6) is 0 Å². The van der Waals surface area contributed by atoms with Gasteiger partial charge >= 0.3 is 0 Å². The Morgan fingerprint density at radius 1 is 1.59 bits per heavy atom. The van der Waals surface area contributed by atoms with Crippen molar-refractivity contribution in [3.63, 3.8) is 0 Å². The summed E-state index contributed by atoms with van der Waals surface area (Å²) in [5.41, 5.74) is 0.686. The minimum atomic E-state index is 0.520. The molecule has 0 saturated carbocycles. The summed E-state index contributed by atoms with van der Waals surface area (Å²) in [6, 6.07) is 6.32. The van der Waals surface area contributed by atoms with E-state index in [0.29, 0.717) is 11.6 Å². The molecule has 1 aliphatic heterocycles. The Balaban J connectivity index is 2.17. The molecule has 17 heavy (non-hydrogen) atoms.